The number of para-hydroxylation sites is 1. The van der Waals surface area contributed by atoms with Crippen LogP contribution in [-0.2, 0) is 19.5 Å². The maximum atomic E-state index is 14.2. The van der Waals surface area contributed by atoms with Crippen LogP contribution in [0.25, 0.3) is 39.4 Å². The first kappa shape index (κ1) is 26.8. The molecule has 43 heavy (non-hydrogen) atoms. The molecule has 3 aromatic heterocycles. The van der Waals surface area contributed by atoms with Gasteiger partial charge in [-0.3, -0.25) is 9.36 Å². The molecule has 1 saturated carbocycles. The number of nitrogens with zero attached hydrogens (tertiary/aromatic N) is 7. The summed E-state index contributed by atoms with van der Waals surface area (Å²) in [7, 11) is 0. The SMILES string of the molecule is CCCCc1nc2c(c(=O)n(-c3ccccc3)c(=O)n2CC2CC2)n1Cc1ccc(-c2ccccc2-c2nn[nH]n2)cc1. The van der Waals surface area contributed by atoms with Crippen LogP contribution in [0.4, 0.5) is 0 Å². The first-order chi connectivity index (χ1) is 21.1. The van der Waals surface area contributed by atoms with E-state index in [4.69, 9.17) is 4.98 Å². The molecule has 10 heteroatoms. The molecule has 0 radical (unpaired) electrons. The Morgan fingerprint density at radius 3 is 2.33 bits per heavy atom. The van der Waals surface area contributed by atoms with Crippen molar-refractivity contribution in [3.05, 3.63) is 111 Å². The van der Waals surface area contributed by atoms with Crippen molar-refractivity contribution in [2.75, 3.05) is 0 Å². The van der Waals surface area contributed by atoms with Gasteiger partial charge in [0.25, 0.3) is 5.56 Å². The van der Waals surface area contributed by atoms with Gasteiger partial charge in [-0.2, -0.15) is 5.21 Å². The first-order valence-corrected chi connectivity index (χ1v) is 14.8. The average molecular weight is 573 g/mol. The van der Waals surface area contributed by atoms with E-state index in [1.807, 2.05) is 47.0 Å². The number of aromatic amines is 1. The Morgan fingerprint density at radius 2 is 1.63 bits per heavy atom. The summed E-state index contributed by atoms with van der Waals surface area (Å²) in [6.07, 6.45) is 4.84. The molecule has 0 saturated heterocycles. The van der Waals surface area contributed by atoms with E-state index in [1.165, 1.54) is 4.57 Å². The molecular formula is C33H32N8O2. The van der Waals surface area contributed by atoms with E-state index in [0.717, 1.165) is 60.2 Å². The first-order valence-electron chi connectivity index (χ1n) is 14.8. The molecule has 3 aromatic carbocycles. The van der Waals surface area contributed by atoms with E-state index in [9.17, 15) is 9.59 Å². The average Bonchev–Trinajstić information content (AvgIpc) is 3.55. The fourth-order valence-corrected chi connectivity index (χ4v) is 5.69. The third-order valence-corrected chi connectivity index (χ3v) is 8.14. The highest BCUT2D eigenvalue weighted by Gasteiger charge is 2.27. The normalized spacial score (nSPS) is 13.1. The molecule has 3 heterocycles. The second-order valence-electron chi connectivity index (χ2n) is 11.2. The molecule has 0 atom stereocenters. The Hall–Kier alpha value is -5.12. The van der Waals surface area contributed by atoms with Crippen LogP contribution in [0, 0.1) is 5.92 Å². The lowest BCUT2D eigenvalue weighted by molar-refractivity contribution is 0.591. The Bertz CT molecular complexity index is 2000. The molecule has 1 aliphatic carbocycles. The molecule has 1 aliphatic rings. The summed E-state index contributed by atoms with van der Waals surface area (Å²) in [5.74, 6) is 1.81. The minimum Gasteiger partial charge on any atom is -0.318 e. The Labute approximate surface area is 247 Å². The van der Waals surface area contributed by atoms with Crippen LogP contribution in [0.2, 0.25) is 0 Å². The van der Waals surface area contributed by atoms with Gasteiger partial charge < -0.3 is 4.57 Å². The quantitative estimate of drug-likeness (QED) is 0.247. The van der Waals surface area contributed by atoms with Crippen molar-refractivity contribution in [2.24, 2.45) is 5.92 Å². The minimum absolute atomic E-state index is 0.327. The van der Waals surface area contributed by atoms with E-state index >= 15 is 0 Å². The van der Waals surface area contributed by atoms with Crippen molar-refractivity contribution >= 4 is 11.2 Å². The number of nitrogens with one attached hydrogen (secondary N) is 1. The zero-order valence-electron chi connectivity index (χ0n) is 24.0. The van der Waals surface area contributed by atoms with Gasteiger partial charge in [0.1, 0.15) is 5.82 Å². The molecule has 1 N–H and O–H groups in total. The van der Waals surface area contributed by atoms with Crippen molar-refractivity contribution in [1.82, 2.24) is 39.3 Å². The molecule has 0 amide bonds. The Morgan fingerprint density at radius 1 is 0.884 bits per heavy atom. The van der Waals surface area contributed by atoms with Crippen molar-refractivity contribution in [3.8, 4) is 28.2 Å². The maximum Gasteiger partial charge on any atom is 0.337 e. The van der Waals surface area contributed by atoms with Crippen LogP contribution in [-0.4, -0.2) is 39.3 Å². The van der Waals surface area contributed by atoms with Gasteiger partial charge in [0.05, 0.1) is 5.69 Å². The summed E-state index contributed by atoms with van der Waals surface area (Å²) < 4.78 is 5.06. The lowest BCUT2D eigenvalue weighted by Gasteiger charge is -2.13. The van der Waals surface area contributed by atoms with Gasteiger partial charge in [-0.15, -0.1) is 10.2 Å². The number of aryl methyl sites for hydroxylation is 1. The van der Waals surface area contributed by atoms with Crippen LogP contribution in [0.15, 0.2) is 88.5 Å². The molecule has 216 valence electrons. The number of aromatic nitrogens is 8. The topological polar surface area (TPSA) is 116 Å². The lowest BCUT2D eigenvalue weighted by atomic mass is 9.98. The summed E-state index contributed by atoms with van der Waals surface area (Å²) in [6.45, 7) is 3.18. The highest BCUT2D eigenvalue weighted by molar-refractivity contribution is 5.80. The zero-order chi connectivity index (χ0) is 29.3. The van der Waals surface area contributed by atoms with Gasteiger partial charge in [0.15, 0.2) is 11.2 Å². The van der Waals surface area contributed by atoms with Gasteiger partial charge in [-0.1, -0.05) is 80.1 Å². The largest absolute Gasteiger partial charge is 0.337 e. The monoisotopic (exact) mass is 572 g/mol. The highest BCUT2D eigenvalue weighted by atomic mass is 16.2. The van der Waals surface area contributed by atoms with Crippen molar-refractivity contribution in [3.63, 3.8) is 0 Å². The summed E-state index contributed by atoms with van der Waals surface area (Å²) >= 11 is 0. The molecule has 0 aliphatic heterocycles. The number of H-pyrrole nitrogens is 1. The summed E-state index contributed by atoms with van der Waals surface area (Å²) in [5.41, 5.74) is 4.82. The standard InChI is InChI=1S/C33H32N8O2/c1-2-3-13-28-34-31-29(32(42)41(25-9-5-4-6-10-25)33(43)40(31)21-22-14-15-22)39(28)20-23-16-18-24(19-17-23)26-11-7-8-12-27(26)30-35-37-38-36-30/h4-12,16-19,22H,2-3,13-15,20-21H2,1H3,(H,35,36,37,38). The Balaban J connectivity index is 1.34. The number of fused-ring (bicyclic) bond motifs is 1. The third-order valence-electron chi connectivity index (χ3n) is 8.14. The molecule has 10 nitrogen and oxygen atoms in total. The number of tetrazole rings is 1. The second-order valence-corrected chi connectivity index (χ2v) is 11.2. The Kier molecular flexibility index (Phi) is 7.02. The number of hydrogen-bond acceptors (Lipinski definition) is 6. The molecule has 0 bridgehead atoms. The van der Waals surface area contributed by atoms with E-state index < -0.39 is 0 Å². The third kappa shape index (κ3) is 5.09. The summed E-state index contributed by atoms with van der Waals surface area (Å²) in [6, 6.07) is 25.4. The molecule has 0 spiro atoms. The molecule has 0 unspecified atom stereocenters. The smallest absolute Gasteiger partial charge is 0.318 e. The van der Waals surface area contributed by atoms with E-state index in [2.05, 4.69) is 51.8 Å². The van der Waals surface area contributed by atoms with Crippen LogP contribution >= 0.6 is 0 Å². The van der Waals surface area contributed by atoms with Gasteiger partial charge in [0, 0.05) is 25.1 Å². The maximum absolute atomic E-state index is 14.2. The van der Waals surface area contributed by atoms with Gasteiger partial charge in [-0.25, -0.2) is 14.3 Å². The van der Waals surface area contributed by atoms with Gasteiger partial charge in [-0.05, 0) is 59.2 Å². The van der Waals surface area contributed by atoms with Crippen molar-refractivity contribution in [1.29, 1.82) is 0 Å². The second kappa shape index (κ2) is 11.3. The number of hydrogen-bond donors (Lipinski definition) is 1. The van der Waals surface area contributed by atoms with Crippen molar-refractivity contribution in [2.45, 2.75) is 52.1 Å². The van der Waals surface area contributed by atoms with E-state index in [0.29, 0.717) is 41.7 Å². The number of imidazole rings is 1. The van der Waals surface area contributed by atoms with Gasteiger partial charge in [0.2, 0.25) is 5.82 Å². The van der Waals surface area contributed by atoms with Crippen LogP contribution < -0.4 is 11.2 Å². The minimum atomic E-state index is -0.334. The molecular weight excluding hydrogens is 540 g/mol. The zero-order valence-corrected chi connectivity index (χ0v) is 24.0. The fraction of sp³-hybridized carbons (Fsp3) is 0.273. The van der Waals surface area contributed by atoms with Crippen LogP contribution in [0.3, 0.4) is 0 Å². The summed E-state index contributed by atoms with van der Waals surface area (Å²) in [5, 5.41) is 14.6. The molecule has 7 rings (SSSR count). The number of unbranched alkanes of at least 4 members (excludes halogenated alkanes) is 1. The van der Waals surface area contributed by atoms with E-state index in [1.54, 1.807) is 16.7 Å². The highest BCUT2D eigenvalue weighted by Crippen LogP contribution is 2.32. The number of rotatable bonds is 10. The van der Waals surface area contributed by atoms with Crippen molar-refractivity contribution < 1.29 is 0 Å². The fourth-order valence-electron chi connectivity index (χ4n) is 5.69. The summed E-state index contributed by atoms with van der Waals surface area (Å²) in [4.78, 5) is 32.9. The molecule has 1 fully saturated rings. The van der Waals surface area contributed by atoms with E-state index in [-0.39, 0.29) is 11.2 Å². The lowest BCUT2D eigenvalue weighted by Crippen LogP contribution is -2.40. The predicted octanol–water partition coefficient (Wildman–Crippen LogP) is 5.00. The number of benzene rings is 3. The predicted molar refractivity (Wildman–Crippen MR) is 165 cm³/mol. The van der Waals surface area contributed by atoms with Crippen LogP contribution in [0.1, 0.15) is 44.0 Å². The van der Waals surface area contributed by atoms with Gasteiger partial charge >= 0.3 is 5.69 Å². The van der Waals surface area contributed by atoms with Crippen LogP contribution in [0.5, 0.6) is 0 Å². The molecule has 6 aromatic rings.